The normalized spacial score (nSPS) is 21.5. The smallest absolute Gasteiger partial charge is 0.417 e. The Hall–Kier alpha value is -2.42. The molecule has 0 radical (unpaired) electrons. The lowest BCUT2D eigenvalue weighted by Crippen LogP contribution is -2.30. The van der Waals surface area contributed by atoms with Crippen molar-refractivity contribution in [3.63, 3.8) is 0 Å². The molecule has 0 aromatic carbocycles. The van der Waals surface area contributed by atoms with E-state index >= 15 is 0 Å². The minimum Gasteiger partial charge on any atom is -0.478 e. The van der Waals surface area contributed by atoms with Crippen molar-refractivity contribution >= 4 is 23.8 Å². The van der Waals surface area contributed by atoms with Gasteiger partial charge in [0.05, 0.1) is 12.7 Å². The number of aromatic nitrogens is 2. The number of amides is 2. The molecule has 0 aliphatic carbocycles. The minimum absolute atomic E-state index is 0.0727. The number of hydrogen-bond acceptors (Lipinski definition) is 7. The third-order valence-corrected chi connectivity index (χ3v) is 2.74. The number of nitrogens with zero attached hydrogens (tertiary/aromatic N) is 3. The molecule has 1 aromatic rings. The maximum absolute atomic E-state index is 11.6. The molecule has 2 amide bonds. The van der Waals surface area contributed by atoms with Crippen LogP contribution in [-0.2, 0) is 9.53 Å². The van der Waals surface area contributed by atoms with E-state index in [1.165, 1.54) is 11.1 Å². The van der Waals surface area contributed by atoms with Crippen molar-refractivity contribution in [3.05, 3.63) is 6.20 Å². The zero-order valence-electron chi connectivity index (χ0n) is 9.83. The molecule has 3 N–H and O–H groups in total. The Morgan fingerprint density at radius 2 is 2.37 bits per heavy atom. The number of cyclic esters (lactones) is 1. The molecule has 2 aliphatic heterocycles. The summed E-state index contributed by atoms with van der Waals surface area (Å²) in [6.45, 7) is 0.437. The molecule has 0 saturated carbocycles. The molecular weight excluding hydrogens is 254 g/mol. The van der Waals surface area contributed by atoms with Gasteiger partial charge in [0, 0.05) is 6.54 Å². The van der Waals surface area contributed by atoms with Crippen molar-refractivity contribution in [3.8, 4) is 5.75 Å². The summed E-state index contributed by atoms with van der Waals surface area (Å²) in [7, 11) is 0. The first-order valence-electron chi connectivity index (χ1n) is 5.65. The predicted molar refractivity (Wildman–Crippen MR) is 62.8 cm³/mol. The molecule has 9 heteroatoms. The zero-order chi connectivity index (χ0) is 13.4. The Morgan fingerprint density at radius 1 is 1.53 bits per heavy atom. The van der Waals surface area contributed by atoms with E-state index in [0.717, 1.165) is 0 Å². The van der Waals surface area contributed by atoms with Crippen LogP contribution in [0.1, 0.15) is 0 Å². The molecule has 9 nitrogen and oxygen atoms in total. The highest BCUT2D eigenvalue weighted by molar-refractivity contribution is 5.94. The van der Waals surface area contributed by atoms with Crippen molar-refractivity contribution in [2.75, 3.05) is 29.9 Å². The first kappa shape index (κ1) is 11.7. The molecule has 1 fully saturated rings. The quantitative estimate of drug-likeness (QED) is 0.710. The van der Waals surface area contributed by atoms with Crippen molar-refractivity contribution in [1.82, 2.24) is 9.97 Å². The molecule has 3 heterocycles. The third kappa shape index (κ3) is 2.03. The average molecular weight is 265 g/mol. The zero-order valence-corrected chi connectivity index (χ0v) is 9.83. The van der Waals surface area contributed by atoms with Crippen LogP contribution in [-0.4, -0.2) is 47.8 Å². The van der Waals surface area contributed by atoms with Crippen LogP contribution in [0.3, 0.4) is 0 Å². The van der Waals surface area contributed by atoms with E-state index in [1.54, 1.807) is 0 Å². The molecule has 1 saturated heterocycles. The van der Waals surface area contributed by atoms with Gasteiger partial charge in [-0.25, -0.2) is 14.7 Å². The van der Waals surface area contributed by atoms with Crippen LogP contribution < -0.4 is 20.7 Å². The predicted octanol–water partition coefficient (Wildman–Crippen LogP) is -0.909. The number of ether oxygens (including phenoxy) is 2. The van der Waals surface area contributed by atoms with Crippen molar-refractivity contribution in [1.29, 1.82) is 0 Å². The molecule has 3 rings (SSSR count). The largest absolute Gasteiger partial charge is 0.478 e. The van der Waals surface area contributed by atoms with E-state index in [-0.39, 0.29) is 43.5 Å². The second kappa shape index (κ2) is 4.35. The van der Waals surface area contributed by atoms with Crippen molar-refractivity contribution in [2.24, 2.45) is 5.73 Å². The fourth-order valence-electron chi connectivity index (χ4n) is 1.81. The van der Waals surface area contributed by atoms with Crippen LogP contribution >= 0.6 is 0 Å². The fourth-order valence-corrected chi connectivity index (χ4v) is 1.81. The van der Waals surface area contributed by atoms with Gasteiger partial charge < -0.3 is 20.5 Å². The standard InChI is InChI=1S/C10H11N5O4/c11-1-5-3-15(10(17)19-5)9-12-2-6-8(14-9)13-7(16)4-18-6/h2,5H,1,3-4,11H2,(H,12,13,14,16). The number of nitrogens with one attached hydrogen (secondary N) is 1. The monoisotopic (exact) mass is 265 g/mol. The van der Waals surface area contributed by atoms with Crippen molar-refractivity contribution in [2.45, 2.75) is 6.10 Å². The number of anilines is 2. The Balaban J connectivity index is 1.88. The maximum Gasteiger partial charge on any atom is 0.417 e. The summed E-state index contributed by atoms with van der Waals surface area (Å²) >= 11 is 0. The third-order valence-electron chi connectivity index (χ3n) is 2.74. The second-order valence-electron chi connectivity index (χ2n) is 4.07. The van der Waals surface area contributed by atoms with Crippen LogP contribution in [0.25, 0.3) is 0 Å². The number of rotatable bonds is 2. The first-order chi connectivity index (χ1) is 9.17. The molecule has 19 heavy (non-hydrogen) atoms. The molecule has 2 aliphatic rings. The summed E-state index contributed by atoms with van der Waals surface area (Å²) in [5.41, 5.74) is 5.44. The fraction of sp³-hybridized carbons (Fsp3) is 0.400. The number of carbonyl (C=O) groups is 2. The highest BCUT2D eigenvalue weighted by Gasteiger charge is 2.34. The lowest BCUT2D eigenvalue weighted by Gasteiger charge is -2.18. The average Bonchev–Trinajstić information content (AvgIpc) is 2.79. The molecule has 1 atom stereocenters. The Bertz CT molecular complexity index is 549. The lowest BCUT2D eigenvalue weighted by atomic mass is 10.3. The maximum atomic E-state index is 11.6. The van der Waals surface area contributed by atoms with E-state index in [1.807, 2.05) is 0 Å². The summed E-state index contributed by atoms with van der Waals surface area (Å²) < 4.78 is 10.1. The highest BCUT2D eigenvalue weighted by Crippen LogP contribution is 2.27. The Labute approximate surface area is 107 Å². The van der Waals surface area contributed by atoms with Gasteiger partial charge in [0.1, 0.15) is 6.10 Å². The molecule has 0 bridgehead atoms. The van der Waals surface area contributed by atoms with E-state index in [9.17, 15) is 9.59 Å². The summed E-state index contributed by atoms with van der Waals surface area (Å²) in [4.78, 5) is 32.2. The second-order valence-corrected chi connectivity index (χ2v) is 4.07. The van der Waals surface area contributed by atoms with Gasteiger partial charge in [0.15, 0.2) is 18.2 Å². The lowest BCUT2D eigenvalue weighted by molar-refractivity contribution is -0.118. The number of nitrogens with two attached hydrogens (primary N) is 1. The molecular formula is C10H11N5O4. The van der Waals surface area contributed by atoms with Gasteiger partial charge in [-0.05, 0) is 0 Å². The number of carbonyl (C=O) groups excluding carboxylic acids is 2. The van der Waals surface area contributed by atoms with Crippen LogP contribution in [0, 0.1) is 0 Å². The Kier molecular flexibility index (Phi) is 2.67. The van der Waals surface area contributed by atoms with Gasteiger partial charge in [-0.3, -0.25) is 4.79 Å². The molecule has 100 valence electrons. The van der Waals surface area contributed by atoms with Crippen molar-refractivity contribution < 1.29 is 19.1 Å². The van der Waals surface area contributed by atoms with Crippen LogP contribution in [0.15, 0.2) is 6.20 Å². The van der Waals surface area contributed by atoms with Gasteiger partial charge in [-0.15, -0.1) is 0 Å². The van der Waals surface area contributed by atoms with E-state index in [0.29, 0.717) is 5.75 Å². The van der Waals surface area contributed by atoms with E-state index in [2.05, 4.69) is 15.3 Å². The SMILES string of the molecule is NCC1CN(c2ncc3c(n2)NC(=O)CO3)C(=O)O1. The first-order valence-corrected chi connectivity index (χ1v) is 5.65. The topological polar surface area (TPSA) is 120 Å². The number of hydrogen-bond donors (Lipinski definition) is 2. The number of fused-ring (bicyclic) bond motifs is 1. The summed E-state index contributed by atoms with van der Waals surface area (Å²) in [6.07, 6.45) is 0.469. The molecule has 1 unspecified atom stereocenters. The van der Waals surface area contributed by atoms with E-state index < -0.39 is 6.09 Å². The summed E-state index contributed by atoms with van der Waals surface area (Å²) in [6, 6.07) is 0. The van der Waals surface area contributed by atoms with Crippen LogP contribution in [0.5, 0.6) is 5.75 Å². The summed E-state index contributed by atoms with van der Waals surface area (Å²) in [5, 5.41) is 2.55. The van der Waals surface area contributed by atoms with Gasteiger partial charge >= 0.3 is 6.09 Å². The van der Waals surface area contributed by atoms with Gasteiger partial charge in [-0.1, -0.05) is 0 Å². The van der Waals surface area contributed by atoms with Gasteiger partial charge in [0.25, 0.3) is 5.91 Å². The molecule has 0 spiro atoms. The van der Waals surface area contributed by atoms with Crippen LogP contribution in [0.4, 0.5) is 16.6 Å². The summed E-state index contributed by atoms with van der Waals surface area (Å²) in [5.74, 6) is 0.447. The Morgan fingerprint density at radius 3 is 3.11 bits per heavy atom. The van der Waals surface area contributed by atoms with Gasteiger partial charge in [-0.2, -0.15) is 4.98 Å². The van der Waals surface area contributed by atoms with E-state index in [4.69, 9.17) is 15.2 Å². The minimum atomic E-state index is -0.557. The molecule has 1 aromatic heterocycles. The van der Waals surface area contributed by atoms with Gasteiger partial charge in [0.2, 0.25) is 5.95 Å². The van der Waals surface area contributed by atoms with Crippen LogP contribution in [0.2, 0.25) is 0 Å². The highest BCUT2D eigenvalue weighted by atomic mass is 16.6.